The number of anilines is 1. The molecule has 0 atom stereocenters. The largest absolute Gasteiger partial charge is 0.494 e. The van der Waals surface area contributed by atoms with Crippen molar-refractivity contribution in [2.24, 2.45) is 5.73 Å². The van der Waals surface area contributed by atoms with Crippen molar-refractivity contribution in [1.29, 1.82) is 0 Å². The molecular weight excluding hydrogens is 386 g/mol. The van der Waals surface area contributed by atoms with Crippen LogP contribution in [0.5, 0.6) is 5.75 Å². The van der Waals surface area contributed by atoms with Gasteiger partial charge in [0.05, 0.1) is 18.0 Å². The lowest BCUT2D eigenvalue weighted by atomic mass is 10.2. The van der Waals surface area contributed by atoms with Crippen LogP contribution in [0.3, 0.4) is 0 Å². The van der Waals surface area contributed by atoms with Gasteiger partial charge in [0, 0.05) is 11.0 Å². The number of hydrogen-bond acceptors (Lipinski definition) is 4. The van der Waals surface area contributed by atoms with Gasteiger partial charge < -0.3 is 10.5 Å². The molecule has 0 spiro atoms. The molecule has 0 aliphatic rings. The summed E-state index contributed by atoms with van der Waals surface area (Å²) in [5.41, 5.74) is 8.43. The summed E-state index contributed by atoms with van der Waals surface area (Å²) in [6, 6.07) is 17.1. The Kier molecular flexibility index (Phi) is 6.91. The van der Waals surface area contributed by atoms with Crippen LogP contribution in [0.4, 0.5) is 11.6 Å². The molecule has 0 saturated heterocycles. The van der Waals surface area contributed by atoms with Gasteiger partial charge in [-0.15, -0.1) is 16.7 Å². The summed E-state index contributed by atoms with van der Waals surface area (Å²) in [6.07, 6.45) is 0. The number of thioether (sulfide) groups is 1. The maximum atomic E-state index is 12.0. The van der Waals surface area contributed by atoms with Gasteiger partial charge in [0.25, 0.3) is 11.5 Å². The van der Waals surface area contributed by atoms with Crippen molar-refractivity contribution in [2.45, 2.75) is 24.5 Å². The van der Waals surface area contributed by atoms with E-state index in [9.17, 15) is 4.79 Å². The molecule has 3 rings (SSSR count). The third-order valence-electron chi connectivity index (χ3n) is 3.90. The minimum Gasteiger partial charge on any atom is -0.494 e. The highest BCUT2D eigenvalue weighted by Crippen LogP contribution is 2.21. The molecule has 2 aromatic carbocycles. The molecular formula is C21H24N5O2S+. The molecule has 0 unspecified atom stereocenters. The summed E-state index contributed by atoms with van der Waals surface area (Å²) in [7, 11) is 0. The van der Waals surface area contributed by atoms with E-state index in [4.69, 9.17) is 10.5 Å². The van der Waals surface area contributed by atoms with Crippen LogP contribution < -0.4 is 26.3 Å². The van der Waals surface area contributed by atoms with Crippen molar-refractivity contribution in [3.8, 4) is 5.75 Å². The highest BCUT2D eigenvalue weighted by Gasteiger charge is 2.08. The maximum absolute atomic E-state index is 12.0. The number of aryl methyl sites for hydroxylation is 1. The molecule has 0 amide bonds. The number of aromatic amines is 1. The molecule has 0 aliphatic heterocycles. The van der Waals surface area contributed by atoms with E-state index in [1.54, 1.807) is 11.8 Å². The molecule has 1 aromatic heterocycles. The first-order valence-electron chi connectivity index (χ1n) is 9.21. The topological polar surface area (TPSA) is 107 Å². The molecule has 5 N–H and O–H groups in total. The summed E-state index contributed by atoms with van der Waals surface area (Å²) < 4.78 is 5.42. The molecule has 0 aliphatic carbocycles. The van der Waals surface area contributed by atoms with E-state index in [-0.39, 0.29) is 17.5 Å². The Morgan fingerprint density at radius 2 is 1.93 bits per heavy atom. The fourth-order valence-electron chi connectivity index (χ4n) is 2.55. The summed E-state index contributed by atoms with van der Waals surface area (Å²) in [4.78, 5) is 23.1. The van der Waals surface area contributed by atoms with Gasteiger partial charge in [-0.25, -0.2) is 9.98 Å². The highest BCUT2D eigenvalue weighted by atomic mass is 32.2. The van der Waals surface area contributed by atoms with E-state index in [0.29, 0.717) is 18.1 Å². The standard InChI is InChI=1S/C21H23N5O2S/c1-3-28-17-8-6-15(7-9-17)23-20(22)26-21-24-16(12-19(27)25-21)13-29-18-10-4-14(2)5-11-18/h4-12H,3,13H2,1-2H3,(H4,22,23,24,25,26,27)/p+1. The molecule has 7 nitrogen and oxygen atoms in total. The van der Waals surface area contributed by atoms with E-state index in [1.165, 1.54) is 11.6 Å². The Balaban J connectivity index is 1.67. The lowest BCUT2D eigenvalue weighted by molar-refractivity contribution is -0.365. The average Bonchev–Trinajstić information content (AvgIpc) is 2.69. The second kappa shape index (κ2) is 9.79. The summed E-state index contributed by atoms with van der Waals surface area (Å²) in [6.45, 7) is 4.59. The second-order valence-corrected chi connectivity index (χ2v) is 7.36. The lowest BCUT2D eigenvalue weighted by Crippen LogP contribution is -2.73. The predicted octanol–water partition coefficient (Wildman–Crippen LogP) is 1.91. The number of nitrogens with two attached hydrogens (primary N) is 1. The van der Waals surface area contributed by atoms with Crippen molar-refractivity contribution < 1.29 is 9.73 Å². The first-order chi connectivity index (χ1) is 14.0. The second-order valence-electron chi connectivity index (χ2n) is 6.31. The van der Waals surface area contributed by atoms with Crippen molar-refractivity contribution in [3.05, 3.63) is 76.2 Å². The predicted molar refractivity (Wildman–Crippen MR) is 117 cm³/mol. The van der Waals surface area contributed by atoms with Gasteiger partial charge in [0.2, 0.25) is 0 Å². The van der Waals surface area contributed by atoms with Crippen molar-refractivity contribution >= 4 is 29.4 Å². The van der Waals surface area contributed by atoms with Gasteiger partial charge in [0.15, 0.2) is 0 Å². The van der Waals surface area contributed by atoms with Crippen LogP contribution in [0.15, 0.2) is 64.3 Å². The molecule has 1 heterocycles. The summed E-state index contributed by atoms with van der Waals surface area (Å²) >= 11 is 1.62. The molecule has 0 bridgehead atoms. The molecule has 150 valence electrons. The molecule has 0 radical (unpaired) electrons. The maximum Gasteiger partial charge on any atom is 0.325 e. The van der Waals surface area contributed by atoms with E-state index >= 15 is 0 Å². The Morgan fingerprint density at radius 3 is 2.62 bits per heavy atom. The van der Waals surface area contributed by atoms with Crippen molar-refractivity contribution in [1.82, 2.24) is 9.97 Å². The number of guanidine groups is 1. The highest BCUT2D eigenvalue weighted by molar-refractivity contribution is 7.98. The van der Waals surface area contributed by atoms with E-state index in [2.05, 4.69) is 44.5 Å². The molecule has 3 aromatic rings. The zero-order valence-electron chi connectivity index (χ0n) is 16.4. The molecule has 0 saturated carbocycles. The van der Waals surface area contributed by atoms with Gasteiger partial charge in [0.1, 0.15) is 11.4 Å². The van der Waals surface area contributed by atoms with Crippen LogP contribution in [0.2, 0.25) is 0 Å². The van der Waals surface area contributed by atoms with Crippen molar-refractivity contribution in [2.75, 3.05) is 11.9 Å². The minimum absolute atomic E-state index is 0.240. The number of H-pyrrole nitrogens is 1. The van der Waals surface area contributed by atoms with Crippen LogP contribution in [-0.2, 0) is 5.75 Å². The number of aromatic nitrogens is 2. The van der Waals surface area contributed by atoms with Crippen molar-refractivity contribution in [3.63, 3.8) is 0 Å². The number of nitrogens with one attached hydrogen (secondary N) is 3. The number of nitrogens with zero attached hydrogens (tertiary/aromatic N) is 1. The third kappa shape index (κ3) is 6.39. The van der Waals surface area contributed by atoms with Gasteiger partial charge in [-0.1, -0.05) is 17.7 Å². The number of hydrogen-bond donors (Lipinski definition) is 4. The van der Waals surface area contributed by atoms with Crippen LogP contribution in [0.25, 0.3) is 0 Å². The van der Waals surface area contributed by atoms with Crippen LogP contribution in [0.1, 0.15) is 18.2 Å². The Hall–Kier alpha value is -3.26. The fourth-order valence-corrected chi connectivity index (χ4v) is 3.34. The number of rotatable bonds is 7. The Bertz CT molecular complexity index is 1030. The zero-order chi connectivity index (χ0) is 20.6. The first-order valence-corrected chi connectivity index (χ1v) is 10.2. The Labute approximate surface area is 173 Å². The first kappa shape index (κ1) is 20.5. The summed E-state index contributed by atoms with van der Waals surface area (Å²) in [5.74, 6) is 1.90. The fraction of sp³-hybridized carbons (Fsp3) is 0.190. The molecule has 0 fully saturated rings. The monoisotopic (exact) mass is 410 g/mol. The van der Waals surface area contributed by atoms with Gasteiger partial charge in [-0.2, -0.15) is 0 Å². The quantitative estimate of drug-likeness (QED) is 0.269. The molecule has 8 heteroatoms. The SMILES string of the molecule is CCOc1ccc(NC(N)=[NH+]c2nc(CSc3ccc(C)cc3)cc(=O)[nH]2)cc1. The van der Waals surface area contributed by atoms with Crippen LogP contribution >= 0.6 is 11.8 Å². The number of ether oxygens (including phenoxy) is 1. The normalized spacial score (nSPS) is 11.3. The van der Waals surface area contributed by atoms with Gasteiger partial charge in [-0.3, -0.25) is 10.1 Å². The average molecular weight is 411 g/mol. The van der Waals surface area contributed by atoms with E-state index < -0.39 is 0 Å². The zero-order valence-corrected chi connectivity index (χ0v) is 17.2. The number of benzene rings is 2. The van der Waals surface area contributed by atoms with E-state index in [1.807, 2.05) is 38.1 Å². The lowest BCUT2D eigenvalue weighted by Gasteiger charge is -2.05. The van der Waals surface area contributed by atoms with Crippen LogP contribution in [-0.4, -0.2) is 22.5 Å². The smallest absolute Gasteiger partial charge is 0.325 e. The van der Waals surface area contributed by atoms with Gasteiger partial charge >= 0.3 is 5.95 Å². The minimum atomic E-state index is -0.240. The third-order valence-corrected chi connectivity index (χ3v) is 4.95. The Morgan fingerprint density at radius 1 is 1.21 bits per heavy atom. The van der Waals surface area contributed by atoms with Gasteiger partial charge in [-0.05, 0) is 50.2 Å². The van der Waals surface area contributed by atoms with E-state index in [0.717, 1.165) is 16.3 Å². The van der Waals surface area contributed by atoms with Crippen LogP contribution in [0, 0.1) is 6.92 Å². The molecule has 29 heavy (non-hydrogen) atoms. The summed E-state index contributed by atoms with van der Waals surface area (Å²) in [5, 5.41) is 3.02.